The molecule has 23 heavy (non-hydrogen) atoms. The first-order valence-electron chi connectivity index (χ1n) is 5.95. The minimum atomic E-state index is -1.84. The monoisotopic (exact) mass is 320 g/mol. The summed E-state index contributed by atoms with van der Waals surface area (Å²) in [6.45, 7) is 0. The van der Waals surface area contributed by atoms with Crippen molar-refractivity contribution in [2.24, 2.45) is 0 Å². The molecule has 0 atom stereocenters. The van der Waals surface area contributed by atoms with E-state index in [0.717, 1.165) is 7.11 Å². The number of benzene rings is 1. The van der Waals surface area contributed by atoms with Crippen molar-refractivity contribution >= 4 is 5.82 Å². The number of hydrogen-bond acceptors (Lipinski definition) is 5. The molecule has 0 bridgehead atoms. The van der Waals surface area contributed by atoms with Crippen LogP contribution in [0.4, 0.5) is 19.0 Å². The minimum absolute atomic E-state index is 0.447. The molecule has 1 aromatic heterocycles. The minimum Gasteiger partial charge on any atom is -0.496 e. The Kier molecular flexibility index (Phi) is 3.97. The third-order valence-electron chi connectivity index (χ3n) is 3.06. The van der Waals surface area contributed by atoms with Gasteiger partial charge in [-0.15, -0.1) is 0 Å². The first-order valence-corrected chi connectivity index (χ1v) is 5.95. The average molecular weight is 320 g/mol. The molecule has 0 saturated heterocycles. The molecule has 1 aromatic carbocycles. The van der Waals surface area contributed by atoms with E-state index in [1.54, 1.807) is 6.07 Å². The SMILES string of the molecule is COc1cc(F)c(F)c(F)c1-c1c(C#N)c(N)[nH]c(=O)c1C#N. The summed E-state index contributed by atoms with van der Waals surface area (Å²) < 4.78 is 45.9. The number of rotatable bonds is 2. The number of aromatic nitrogens is 1. The highest BCUT2D eigenvalue weighted by atomic mass is 19.2. The van der Waals surface area contributed by atoms with Gasteiger partial charge in [-0.3, -0.25) is 4.79 Å². The van der Waals surface area contributed by atoms with Gasteiger partial charge in [0, 0.05) is 11.6 Å². The van der Waals surface area contributed by atoms with Crippen LogP contribution in [-0.2, 0) is 0 Å². The van der Waals surface area contributed by atoms with E-state index in [-0.39, 0.29) is 0 Å². The summed E-state index contributed by atoms with van der Waals surface area (Å²) in [6.07, 6.45) is 0. The number of hydrogen-bond donors (Lipinski definition) is 2. The second kappa shape index (κ2) is 5.73. The van der Waals surface area contributed by atoms with E-state index < -0.39 is 56.8 Å². The molecule has 2 aromatic rings. The summed E-state index contributed by atoms with van der Waals surface area (Å²) in [5.74, 6) is -6.03. The van der Waals surface area contributed by atoms with Gasteiger partial charge in [0.2, 0.25) is 0 Å². The zero-order chi connectivity index (χ0) is 17.3. The lowest BCUT2D eigenvalue weighted by Crippen LogP contribution is -2.17. The normalized spacial score (nSPS) is 10.0. The Morgan fingerprint density at radius 1 is 1.13 bits per heavy atom. The smallest absolute Gasteiger partial charge is 0.268 e. The number of anilines is 1. The first-order chi connectivity index (χ1) is 10.9. The Bertz CT molecular complexity index is 955. The molecule has 1 heterocycles. The number of nitrogens with zero attached hydrogens (tertiary/aromatic N) is 2. The van der Waals surface area contributed by atoms with Gasteiger partial charge in [0.1, 0.15) is 34.8 Å². The highest BCUT2D eigenvalue weighted by molar-refractivity contribution is 5.84. The summed E-state index contributed by atoms with van der Waals surface area (Å²) in [4.78, 5) is 13.8. The van der Waals surface area contributed by atoms with Crippen molar-refractivity contribution in [1.29, 1.82) is 10.5 Å². The van der Waals surface area contributed by atoms with Crippen LogP contribution in [0.25, 0.3) is 11.1 Å². The summed E-state index contributed by atoms with van der Waals surface area (Å²) in [6, 6.07) is 3.62. The quantitative estimate of drug-likeness (QED) is 0.818. The largest absolute Gasteiger partial charge is 0.496 e. The molecule has 0 radical (unpaired) electrons. The topological polar surface area (TPSA) is 116 Å². The molecule has 0 aliphatic carbocycles. The van der Waals surface area contributed by atoms with Crippen LogP contribution >= 0.6 is 0 Å². The lowest BCUT2D eigenvalue weighted by atomic mass is 9.95. The number of nitrogen functional groups attached to an aromatic ring is 1. The third-order valence-corrected chi connectivity index (χ3v) is 3.06. The standard InChI is InChI=1S/C14H7F3N4O2/c1-23-8-2-7(15)11(16)12(17)10(8)9-5(3-18)13(20)21-14(22)6(9)4-19/h2H,1H3,(H3,20,21,22). The molecule has 116 valence electrons. The highest BCUT2D eigenvalue weighted by Crippen LogP contribution is 2.38. The molecule has 0 fully saturated rings. The number of nitrogens with two attached hydrogens (primary N) is 1. The van der Waals surface area contributed by atoms with E-state index in [1.807, 2.05) is 4.98 Å². The van der Waals surface area contributed by atoms with Gasteiger partial charge in [-0.25, -0.2) is 13.2 Å². The maximum absolute atomic E-state index is 14.2. The number of H-pyrrole nitrogens is 1. The Morgan fingerprint density at radius 3 is 2.26 bits per heavy atom. The number of ether oxygens (including phenoxy) is 1. The maximum Gasteiger partial charge on any atom is 0.268 e. The predicted molar refractivity (Wildman–Crippen MR) is 72.8 cm³/mol. The lowest BCUT2D eigenvalue weighted by molar-refractivity contribution is 0.394. The number of methoxy groups -OCH3 is 1. The van der Waals surface area contributed by atoms with E-state index in [0.29, 0.717) is 6.07 Å². The van der Waals surface area contributed by atoms with Crippen LogP contribution in [0.5, 0.6) is 5.75 Å². The van der Waals surface area contributed by atoms with Crippen molar-refractivity contribution in [2.75, 3.05) is 12.8 Å². The highest BCUT2D eigenvalue weighted by Gasteiger charge is 2.27. The average Bonchev–Trinajstić information content (AvgIpc) is 2.52. The lowest BCUT2D eigenvalue weighted by Gasteiger charge is -2.14. The molecule has 6 nitrogen and oxygen atoms in total. The van der Waals surface area contributed by atoms with Gasteiger partial charge in [-0.05, 0) is 0 Å². The molecule has 0 amide bonds. The van der Waals surface area contributed by atoms with E-state index >= 15 is 0 Å². The number of pyridine rings is 1. The maximum atomic E-state index is 14.2. The van der Waals surface area contributed by atoms with Gasteiger partial charge >= 0.3 is 0 Å². The fourth-order valence-electron chi connectivity index (χ4n) is 2.06. The predicted octanol–water partition coefficient (Wildman–Crippen LogP) is 1.79. The zero-order valence-electron chi connectivity index (χ0n) is 11.5. The van der Waals surface area contributed by atoms with Crippen LogP contribution < -0.4 is 16.0 Å². The van der Waals surface area contributed by atoms with Gasteiger partial charge in [0.25, 0.3) is 5.56 Å². The van der Waals surface area contributed by atoms with Gasteiger partial charge in [-0.1, -0.05) is 0 Å². The van der Waals surface area contributed by atoms with Crippen LogP contribution in [0.2, 0.25) is 0 Å². The summed E-state index contributed by atoms with van der Waals surface area (Å²) in [7, 11) is 1.05. The van der Waals surface area contributed by atoms with E-state index in [9.17, 15) is 18.0 Å². The molecule has 0 aliphatic heterocycles. The van der Waals surface area contributed by atoms with E-state index in [1.165, 1.54) is 6.07 Å². The van der Waals surface area contributed by atoms with E-state index in [4.69, 9.17) is 21.0 Å². The molecule has 2 rings (SSSR count). The molecule has 0 unspecified atom stereocenters. The summed E-state index contributed by atoms with van der Waals surface area (Å²) in [5.41, 5.74) is 2.02. The zero-order valence-corrected chi connectivity index (χ0v) is 11.5. The van der Waals surface area contributed by atoms with Gasteiger partial charge in [0.05, 0.1) is 12.7 Å². The van der Waals surface area contributed by atoms with Crippen molar-refractivity contribution in [3.63, 3.8) is 0 Å². The van der Waals surface area contributed by atoms with Crippen molar-refractivity contribution in [3.8, 4) is 29.0 Å². The molecule has 0 spiro atoms. The van der Waals surface area contributed by atoms with Crippen molar-refractivity contribution in [2.45, 2.75) is 0 Å². The molecule has 9 heteroatoms. The number of nitrogens with one attached hydrogen (secondary N) is 1. The van der Waals surface area contributed by atoms with Crippen molar-refractivity contribution in [1.82, 2.24) is 4.98 Å². The van der Waals surface area contributed by atoms with Crippen LogP contribution in [0.3, 0.4) is 0 Å². The van der Waals surface area contributed by atoms with Crippen LogP contribution in [0.1, 0.15) is 11.1 Å². The van der Waals surface area contributed by atoms with Crippen LogP contribution in [0, 0.1) is 40.1 Å². The number of aromatic amines is 1. The molecular formula is C14H7F3N4O2. The Morgan fingerprint density at radius 2 is 1.74 bits per heavy atom. The van der Waals surface area contributed by atoms with Gasteiger partial charge in [-0.2, -0.15) is 10.5 Å². The summed E-state index contributed by atoms with van der Waals surface area (Å²) in [5, 5.41) is 18.3. The van der Waals surface area contributed by atoms with E-state index in [2.05, 4.69) is 0 Å². The van der Waals surface area contributed by atoms with Gasteiger partial charge < -0.3 is 15.5 Å². The Balaban J connectivity index is 3.11. The van der Waals surface area contributed by atoms with Crippen LogP contribution in [0.15, 0.2) is 10.9 Å². The number of nitriles is 2. The van der Waals surface area contributed by atoms with Crippen molar-refractivity contribution < 1.29 is 17.9 Å². The van der Waals surface area contributed by atoms with Crippen molar-refractivity contribution in [3.05, 3.63) is 45.0 Å². The third kappa shape index (κ3) is 2.34. The fourth-order valence-corrected chi connectivity index (χ4v) is 2.06. The molecular weight excluding hydrogens is 313 g/mol. The number of halogens is 3. The Labute approximate surface area is 127 Å². The molecule has 0 saturated carbocycles. The first kappa shape index (κ1) is 15.9. The second-order valence-electron chi connectivity index (χ2n) is 4.28. The van der Waals surface area contributed by atoms with Gasteiger partial charge in [0.15, 0.2) is 17.5 Å². The second-order valence-corrected chi connectivity index (χ2v) is 4.28. The fraction of sp³-hybridized carbons (Fsp3) is 0.0714. The summed E-state index contributed by atoms with van der Waals surface area (Å²) >= 11 is 0. The van der Waals surface area contributed by atoms with Crippen LogP contribution in [-0.4, -0.2) is 12.1 Å². The molecule has 3 N–H and O–H groups in total. The molecule has 0 aliphatic rings. The Hall–Kier alpha value is -3.46.